The SMILES string of the molecule is N#CC1=C(N)Oc2c(c(=O)[nH]c3ccccc23)C1c1cccc(Oc2ccccc2)c1. The number of hydrogen-bond donors (Lipinski definition) is 2. The number of benzene rings is 3. The molecule has 0 saturated heterocycles. The highest BCUT2D eigenvalue weighted by Gasteiger charge is 2.34. The standard InChI is InChI=1S/C25H17N3O3/c26-14-19-21(15-7-6-10-17(13-15)30-16-8-2-1-3-9-16)22-23(31-24(19)27)18-11-4-5-12-20(18)28-25(22)29/h1-13,21H,27H2,(H,28,29). The Morgan fingerprint density at radius 3 is 2.52 bits per heavy atom. The molecule has 0 fully saturated rings. The summed E-state index contributed by atoms with van der Waals surface area (Å²) in [6.07, 6.45) is 0. The Bertz CT molecular complexity index is 1430. The van der Waals surface area contributed by atoms with Crippen LogP contribution in [-0.2, 0) is 0 Å². The maximum absolute atomic E-state index is 13.1. The number of hydrogen-bond acceptors (Lipinski definition) is 5. The van der Waals surface area contributed by atoms with Gasteiger partial charge in [-0.2, -0.15) is 5.26 Å². The van der Waals surface area contributed by atoms with Gasteiger partial charge in [-0.15, -0.1) is 0 Å². The van der Waals surface area contributed by atoms with E-state index in [1.54, 1.807) is 6.07 Å². The normalized spacial score (nSPS) is 15.1. The van der Waals surface area contributed by atoms with E-state index < -0.39 is 5.92 Å². The summed E-state index contributed by atoms with van der Waals surface area (Å²) in [5, 5.41) is 10.5. The number of aromatic amines is 1. The number of ether oxygens (including phenoxy) is 2. The second-order valence-corrected chi connectivity index (χ2v) is 7.15. The number of nitrogens with one attached hydrogen (secondary N) is 1. The summed E-state index contributed by atoms with van der Waals surface area (Å²) in [6.45, 7) is 0. The predicted octanol–water partition coefficient (Wildman–Crippen LogP) is 4.54. The Labute approximate surface area is 177 Å². The Hall–Kier alpha value is -4.50. The summed E-state index contributed by atoms with van der Waals surface area (Å²) in [6, 6.07) is 26.1. The molecule has 0 amide bonds. The van der Waals surface area contributed by atoms with Crippen molar-refractivity contribution in [3.8, 4) is 23.3 Å². The van der Waals surface area contributed by atoms with Gasteiger partial charge in [0.1, 0.15) is 28.9 Å². The molecule has 1 aliphatic rings. The van der Waals surface area contributed by atoms with Crippen LogP contribution in [0.25, 0.3) is 10.9 Å². The molecule has 1 aliphatic heterocycles. The van der Waals surface area contributed by atoms with E-state index in [9.17, 15) is 10.1 Å². The molecule has 6 nitrogen and oxygen atoms in total. The number of fused-ring (bicyclic) bond motifs is 3. The first-order valence-electron chi connectivity index (χ1n) is 9.71. The largest absolute Gasteiger partial charge is 0.457 e. The van der Waals surface area contributed by atoms with Crippen molar-refractivity contribution in [2.24, 2.45) is 5.73 Å². The summed E-state index contributed by atoms with van der Waals surface area (Å²) >= 11 is 0. The fraction of sp³-hybridized carbons (Fsp3) is 0.0400. The fourth-order valence-electron chi connectivity index (χ4n) is 3.89. The van der Waals surface area contributed by atoms with Crippen LogP contribution in [0.1, 0.15) is 17.0 Å². The third kappa shape index (κ3) is 3.18. The van der Waals surface area contributed by atoms with E-state index in [-0.39, 0.29) is 17.0 Å². The zero-order valence-corrected chi connectivity index (χ0v) is 16.3. The lowest BCUT2D eigenvalue weighted by Gasteiger charge is -2.26. The third-order valence-corrected chi connectivity index (χ3v) is 5.25. The van der Waals surface area contributed by atoms with Crippen molar-refractivity contribution in [2.45, 2.75) is 5.92 Å². The van der Waals surface area contributed by atoms with Gasteiger partial charge in [-0.3, -0.25) is 4.79 Å². The van der Waals surface area contributed by atoms with Crippen molar-refractivity contribution >= 4 is 10.9 Å². The number of rotatable bonds is 3. The van der Waals surface area contributed by atoms with Gasteiger partial charge in [-0.1, -0.05) is 42.5 Å². The van der Waals surface area contributed by atoms with Crippen LogP contribution in [0, 0.1) is 11.3 Å². The molecule has 1 unspecified atom stereocenters. The van der Waals surface area contributed by atoms with Crippen LogP contribution >= 0.6 is 0 Å². The Kier molecular flexibility index (Phi) is 4.42. The monoisotopic (exact) mass is 407 g/mol. The second-order valence-electron chi connectivity index (χ2n) is 7.15. The summed E-state index contributed by atoms with van der Waals surface area (Å²) in [7, 11) is 0. The van der Waals surface area contributed by atoms with Crippen molar-refractivity contribution < 1.29 is 9.47 Å². The van der Waals surface area contributed by atoms with Gasteiger partial charge in [0.25, 0.3) is 5.56 Å². The molecule has 6 heteroatoms. The van der Waals surface area contributed by atoms with Crippen LogP contribution in [0.2, 0.25) is 0 Å². The van der Waals surface area contributed by atoms with Gasteiger partial charge in [0.15, 0.2) is 0 Å². The summed E-state index contributed by atoms with van der Waals surface area (Å²) in [5.41, 5.74) is 7.68. The number of allylic oxidation sites excluding steroid dienone is 1. The minimum atomic E-state index is -0.679. The minimum absolute atomic E-state index is 0.00914. The Balaban J connectivity index is 1.69. The van der Waals surface area contributed by atoms with Crippen LogP contribution in [0.15, 0.2) is 95.1 Å². The van der Waals surface area contributed by atoms with Crippen molar-refractivity contribution in [1.82, 2.24) is 4.98 Å². The zero-order valence-electron chi connectivity index (χ0n) is 16.3. The van der Waals surface area contributed by atoms with E-state index in [1.807, 2.05) is 72.8 Å². The smallest absolute Gasteiger partial charge is 0.256 e. The van der Waals surface area contributed by atoms with Crippen molar-refractivity contribution in [1.29, 1.82) is 5.26 Å². The number of pyridine rings is 1. The van der Waals surface area contributed by atoms with Crippen molar-refractivity contribution in [3.05, 3.63) is 112 Å². The quantitative estimate of drug-likeness (QED) is 0.519. The number of nitriles is 1. The third-order valence-electron chi connectivity index (χ3n) is 5.25. The minimum Gasteiger partial charge on any atom is -0.457 e. The summed E-state index contributed by atoms with van der Waals surface area (Å²) < 4.78 is 11.7. The molecule has 5 rings (SSSR count). The molecule has 31 heavy (non-hydrogen) atoms. The number of nitrogens with zero attached hydrogens (tertiary/aromatic N) is 1. The van der Waals surface area contributed by atoms with Crippen LogP contribution in [-0.4, -0.2) is 4.98 Å². The topological polar surface area (TPSA) is 101 Å². The average Bonchev–Trinajstić information content (AvgIpc) is 2.79. The van der Waals surface area contributed by atoms with E-state index in [4.69, 9.17) is 15.2 Å². The van der Waals surface area contributed by atoms with Gasteiger partial charge in [-0.05, 0) is 42.0 Å². The molecule has 1 aromatic heterocycles. The maximum atomic E-state index is 13.1. The van der Waals surface area contributed by atoms with E-state index in [0.717, 1.165) is 5.39 Å². The zero-order chi connectivity index (χ0) is 21.4. The van der Waals surface area contributed by atoms with E-state index in [0.29, 0.717) is 33.9 Å². The average molecular weight is 407 g/mol. The van der Waals surface area contributed by atoms with Crippen LogP contribution in [0.5, 0.6) is 17.2 Å². The first kappa shape index (κ1) is 18.5. The lowest BCUT2D eigenvalue weighted by Crippen LogP contribution is -2.27. The lowest BCUT2D eigenvalue weighted by atomic mass is 9.83. The Morgan fingerprint density at radius 2 is 1.71 bits per heavy atom. The van der Waals surface area contributed by atoms with E-state index >= 15 is 0 Å². The van der Waals surface area contributed by atoms with Crippen LogP contribution < -0.4 is 20.8 Å². The Morgan fingerprint density at radius 1 is 0.968 bits per heavy atom. The second kappa shape index (κ2) is 7.39. The first-order valence-corrected chi connectivity index (χ1v) is 9.71. The first-order chi connectivity index (χ1) is 15.2. The van der Waals surface area contributed by atoms with Crippen LogP contribution in [0.3, 0.4) is 0 Å². The van der Waals surface area contributed by atoms with Gasteiger partial charge in [0.05, 0.1) is 17.0 Å². The molecule has 0 bridgehead atoms. The molecule has 150 valence electrons. The van der Waals surface area contributed by atoms with Gasteiger partial charge in [0.2, 0.25) is 5.88 Å². The van der Waals surface area contributed by atoms with Gasteiger partial charge in [-0.25, -0.2) is 0 Å². The maximum Gasteiger partial charge on any atom is 0.256 e. The molecule has 0 aliphatic carbocycles. The molecule has 3 N–H and O–H groups in total. The highest BCUT2D eigenvalue weighted by molar-refractivity contribution is 5.87. The highest BCUT2D eigenvalue weighted by Crippen LogP contribution is 2.43. The predicted molar refractivity (Wildman–Crippen MR) is 117 cm³/mol. The molecule has 4 aromatic rings. The number of nitrogens with two attached hydrogens (primary N) is 1. The van der Waals surface area contributed by atoms with Crippen molar-refractivity contribution in [2.75, 3.05) is 0 Å². The molecular weight excluding hydrogens is 390 g/mol. The number of para-hydroxylation sites is 2. The summed E-state index contributed by atoms with van der Waals surface area (Å²) in [5.74, 6) is 0.957. The molecule has 3 aromatic carbocycles. The number of H-pyrrole nitrogens is 1. The lowest BCUT2D eigenvalue weighted by molar-refractivity contribution is 0.396. The van der Waals surface area contributed by atoms with Crippen LogP contribution in [0.4, 0.5) is 0 Å². The molecule has 2 heterocycles. The molecule has 0 saturated carbocycles. The summed E-state index contributed by atoms with van der Waals surface area (Å²) in [4.78, 5) is 16.0. The molecule has 0 spiro atoms. The molecule has 1 atom stereocenters. The molecule has 0 radical (unpaired) electrons. The van der Waals surface area contributed by atoms with Gasteiger partial charge in [0, 0.05) is 5.39 Å². The van der Waals surface area contributed by atoms with E-state index in [1.165, 1.54) is 0 Å². The fourth-order valence-corrected chi connectivity index (χ4v) is 3.89. The number of aromatic nitrogens is 1. The van der Waals surface area contributed by atoms with Crippen molar-refractivity contribution in [3.63, 3.8) is 0 Å². The van der Waals surface area contributed by atoms with E-state index in [2.05, 4.69) is 11.1 Å². The molecular formula is C25H17N3O3. The van der Waals surface area contributed by atoms with Gasteiger partial charge < -0.3 is 20.2 Å². The highest BCUT2D eigenvalue weighted by atomic mass is 16.5. The van der Waals surface area contributed by atoms with Gasteiger partial charge >= 0.3 is 0 Å².